The molecule has 4 aromatic rings. The zero-order valence-electron chi connectivity index (χ0n) is 42.7. The van der Waals surface area contributed by atoms with Crippen LogP contribution in [0.5, 0.6) is 0 Å². The molecule has 17 heteroatoms. The molecule has 5 saturated heterocycles. The van der Waals surface area contributed by atoms with Gasteiger partial charge in [0.25, 0.3) is 0 Å². The lowest BCUT2D eigenvalue weighted by Crippen LogP contribution is -2.59. The normalized spacial score (nSPS) is 25.9. The van der Waals surface area contributed by atoms with Crippen molar-refractivity contribution in [1.82, 2.24) is 39.5 Å². The van der Waals surface area contributed by atoms with Crippen molar-refractivity contribution < 1.29 is 28.4 Å². The number of anilines is 3. The van der Waals surface area contributed by atoms with Gasteiger partial charge in [-0.2, -0.15) is 0 Å². The van der Waals surface area contributed by atoms with Gasteiger partial charge < -0.3 is 34.4 Å². The van der Waals surface area contributed by atoms with Crippen molar-refractivity contribution in [3.63, 3.8) is 0 Å². The third kappa shape index (κ3) is 8.74. The fourth-order valence-electron chi connectivity index (χ4n) is 13.3. The summed E-state index contributed by atoms with van der Waals surface area (Å²) in [7, 11) is 0. The van der Waals surface area contributed by atoms with Crippen molar-refractivity contribution in [3.05, 3.63) is 60.0 Å². The molecule has 73 heavy (non-hydrogen) atoms. The van der Waals surface area contributed by atoms with Crippen LogP contribution in [-0.2, 0) is 29.4 Å². The maximum Gasteiger partial charge on any atom is 0.238 e. The number of carbonyl (C=O) groups is 5. The van der Waals surface area contributed by atoms with Crippen LogP contribution in [0.25, 0.3) is 22.3 Å². The van der Waals surface area contributed by atoms with Gasteiger partial charge in [-0.1, -0.05) is 25.1 Å². The predicted molar refractivity (Wildman–Crippen MR) is 276 cm³/mol. The fraction of sp³-hybridized carbons (Fsp3) is 0.607. The van der Waals surface area contributed by atoms with E-state index in [0.717, 1.165) is 102 Å². The van der Waals surface area contributed by atoms with Crippen LogP contribution in [-0.4, -0.2) is 140 Å². The van der Waals surface area contributed by atoms with Crippen molar-refractivity contribution in [3.8, 4) is 11.3 Å². The van der Waals surface area contributed by atoms with Gasteiger partial charge in [-0.3, -0.25) is 29.3 Å². The molecule has 2 aliphatic carbocycles. The van der Waals surface area contributed by atoms with Gasteiger partial charge in [-0.15, -0.1) is 0 Å². The number of carbonyl (C=O) groups excluding carboxylic acids is 5. The van der Waals surface area contributed by atoms with Crippen LogP contribution < -0.4 is 20.4 Å². The number of rotatable bonds is 10. The highest BCUT2D eigenvalue weighted by Crippen LogP contribution is 2.53. The second-order valence-corrected chi connectivity index (χ2v) is 23.3. The molecule has 1 spiro atoms. The highest BCUT2D eigenvalue weighted by atomic mass is 19.1. The topological polar surface area (TPSA) is 169 Å². The molecule has 2 N–H and O–H groups in total. The highest BCUT2D eigenvalue weighted by Gasteiger charge is 2.57. The second kappa shape index (κ2) is 18.8. The monoisotopic (exact) mass is 996 g/mol. The minimum Gasteiger partial charge on any atom is -0.366 e. The average Bonchev–Trinajstić information content (AvgIpc) is 4.05. The van der Waals surface area contributed by atoms with Gasteiger partial charge in [0.2, 0.25) is 29.5 Å². The number of hydrogen-bond donors (Lipinski definition) is 2. The summed E-state index contributed by atoms with van der Waals surface area (Å²) < 4.78 is 16.3. The Labute approximate surface area is 426 Å². The van der Waals surface area contributed by atoms with Crippen molar-refractivity contribution in [2.75, 3.05) is 67.5 Å². The largest absolute Gasteiger partial charge is 0.366 e. The molecule has 9 heterocycles. The molecule has 6 aliphatic heterocycles. The fourth-order valence-corrected chi connectivity index (χ4v) is 13.3. The number of alkyl halides is 1. The number of piperidine rings is 5. The van der Waals surface area contributed by atoms with Crippen molar-refractivity contribution in [2.45, 2.75) is 152 Å². The summed E-state index contributed by atoms with van der Waals surface area (Å²) in [4.78, 5) is 93.2. The van der Waals surface area contributed by atoms with E-state index in [4.69, 9.17) is 9.97 Å². The van der Waals surface area contributed by atoms with Gasteiger partial charge in [0, 0.05) is 112 Å². The van der Waals surface area contributed by atoms with E-state index in [-0.39, 0.29) is 53.5 Å². The molecule has 1 unspecified atom stereocenters. The van der Waals surface area contributed by atoms with E-state index in [1.807, 2.05) is 28.3 Å². The van der Waals surface area contributed by atoms with Crippen LogP contribution in [0, 0.1) is 11.3 Å². The summed E-state index contributed by atoms with van der Waals surface area (Å²) in [5, 5.41) is 6.11. The Balaban J connectivity index is 0.706. The third-order valence-electron chi connectivity index (χ3n) is 18.3. The van der Waals surface area contributed by atoms with E-state index >= 15 is 4.79 Å². The van der Waals surface area contributed by atoms with Crippen molar-refractivity contribution in [1.29, 1.82) is 0 Å². The first-order valence-electron chi connectivity index (χ1n) is 27.4. The number of amides is 5. The number of likely N-dealkylation sites (tertiary alicyclic amines) is 3. The highest BCUT2D eigenvalue weighted by molar-refractivity contribution is 6.09. The summed E-state index contributed by atoms with van der Waals surface area (Å²) in [6.45, 7) is 11.4. The van der Waals surface area contributed by atoms with Gasteiger partial charge in [-0.05, 0) is 127 Å². The zero-order valence-corrected chi connectivity index (χ0v) is 42.7. The number of aromatic nitrogens is 4. The first-order valence-corrected chi connectivity index (χ1v) is 27.4. The number of halogens is 1. The molecule has 386 valence electrons. The molecule has 12 rings (SSSR count). The number of fused-ring (bicyclic) bond motifs is 3. The maximum absolute atomic E-state index is 15.3. The Morgan fingerprint density at radius 2 is 1.53 bits per heavy atom. The van der Waals surface area contributed by atoms with Crippen LogP contribution in [0.1, 0.15) is 134 Å². The van der Waals surface area contributed by atoms with Gasteiger partial charge in [0.1, 0.15) is 17.5 Å². The van der Waals surface area contributed by atoms with E-state index in [2.05, 4.69) is 79.9 Å². The Hall–Kier alpha value is -5.97. The van der Waals surface area contributed by atoms with E-state index < -0.39 is 17.0 Å². The number of nitrogens with one attached hydrogen (secondary N) is 2. The minimum atomic E-state index is -0.740. The van der Waals surface area contributed by atoms with Gasteiger partial charge >= 0.3 is 0 Å². The molecule has 8 aliphatic rings. The van der Waals surface area contributed by atoms with Crippen LogP contribution in [0.2, 0.25) is 0 Å². The number of imidazole rings is 1. The van der Waals surface area contributed by atoms with Gasteiger partial charge in [-0.25, -0.2) is 19.3 Å². The van der Waals surface area contributed by atoms with Crippen molar-refractivity contribution >= 4 is 57.9 Å². The Kier molecular flexibility index (Phi) is 12.3. The summed E-state index contributed by atoms with van der Waals surface area (Å²) in [6.07, 6.45) is 12.5. The lowest BCUT2D eigenvalue weighted by atomic mass is 9.72. The lowest BCUT2D eigenvalue weighted by Gasteiger charge is -2.49. The molecule has 1 atom stereocenters. The molecule has 1 aromatic carbocycles. The number of imide groups is 1. The molecular formula is C56H70FN11O5. The smallest absolute Gasteiger partial charge is 0.238 e. The van der Waals surface area contributed by atoms with Crippen LogP contribution >= 0.6 is 0 Å². The van der Waals surface area contributed by atoms with E-state index in [1.54, 1.807) is 6.20 Å². The quantitative estimate of drug-likeness (QED) is 0.159. The minimum absolute atomic E-state index is 0.0418. The first kappa shape index (κ1) is 48.0. The Morgan fingerprint density at radius 1 is 0.808 bits per heavy atom. The molecule has 0 radical (unpaired) electrons. The maximum atomic E-state index is 15.3. The number of nitrogens with zero attached hydrogens (tertiary/aromatic N) is 9. The lowest BCUT2D eigenvalue weighted by molar-refractivity contribution is -0.150. The number of benzene rings is 1. The molecule has 5 amide bonds. The van der Waals surface area contributed by atoms with Crippen LogP contribution in [0.15, 0.2) is 48.9 Å². The average molecular weight is 996 g/mol. The molecule has 2 saturated carbocycles. The first-order chi connectivity index (χ1) is 35.2. The second-order valence-electron chi connectivity index (χ2n) is 23.3. The molecule has 7 fully saturated rings. The SMILES string of the molecule is CC(C)n1cnc2cc(-c3ccc4c(c3)N([C@H]3C[C@@H](N5CCC(F)CC5)C3)C(=O)C43CCN(C(=O)C4(C)CCN(C(=O)C5CCN(c6ccc(C7CCC(=O)NC7=O)cn6)CC5)CC4)CC3)nc(NC3CC3)c21. The summed E-state index contributed by atoms with van der Waals surface area (Å²) in [5.41, 5.74) is 5.11. The number of hydrogen-bond acceptors (Lipinski definition) is 11. The van der Waals surface area contributed by atoms with E-state index in [1.165, 1.54) is 0 Å². The van der Waals surface area contributed by atoms with Crippen molar-refractivity contribution in [2.24, 2.45) is 11.3 Å². The molecule has 16 nitrogen and oxygen atoms in total. The summed E-state index contributed by atoms with van der Waals surface area (Å²) in [6, 6.07) is 13.4. The molecule has 0 bridgehead atoms. The van der Waals surface area contributed by atoms with E-state index in [9.17, 15) is 23.6 Å². The third-order valence-corrected chi connectivity index (χ3v) is 18.3. The van der Waals surface area contributed by atoms with Crippen LogP contribution in [0.3, 0.4) is 0 Å². The standard InChI is InChI=1S/C56H70FN11O5/c1-34(2)67-33-59-45-31-44(61-50(49(45)67)60-39-6-7-39)36-4-9-43-46(28-36)68(41-29-40(30-41)63-22-14-38(57)15-23-63)54(73)56(43)18-26-66(27-19-56)53(72)55(3)16-24-65(25-17-55)52(71)35-12-20-64(21-13-35)47-10-5-37(32-58-47)42-8-11-48(69)62-51(42)70/h4-5,9-10,28,31-35,38-42H,6-8,11-27,29-30H2,1-3H3,(H,60,61)(H,62,69,70)/t40-,41+,42?. The zero-order chi connectivity index (χ0) is 50.3. The predicted octanol–water partition coefficient (Wildman–Crippen LogP) is 6.89. The molecular weight excluding hydrogens is 926 g/mol. The Morgan fingerprint density at radius 3 is 2.21 bits per heavy atom. The number of pyridine rings is 2. The van der Waals surface area contributed by atoms with Gasteiger partial charge in [0.15, 0.2) is 5.82 Å². The van der Waals surface area contributed by atoms with Gasteiger partial charge in [0.05, 0.1) is 28.9 Å². The summed E-state index contributed by atoms with van der Waals surface area (Å²) in [5.74, 6) is 1.11. The summed E-state index contributed by atoms with van der Waals surface area (Å²) >= 11 is 0. The molecule has 3 aromatic heterocycles. The van der Waals surface area contributed by atoms with Crippen LogP contribution in [0.4, 0.5) is 21.7 Å². The van der Waals surface area contributed by atoms with E-state index in [0.29, 0.717) is 103 Å². The Bertz CT molecular complexity index is 2810.